The lowest BCUT2D eigenvalue weighted by molar-refractivity contribution is 0.203. The average molecular weight is 154 g/mol. The first kappa shape index (κ1) is 7.56. The van der Waals surface area contributed by atoms with E-state index in [1.54, 1.807) is 0 Å². The summed E-state index contributed by atoms with van der Waals surface area (Å²) in [5, 5.41) is 3.57. The molecule has 11 heavy (non-hydrogen) atoms. The molecule has 0 atom stereocenters. The van der Waals surface area contributed by atoms with Crippen molar-refractivity contribution >= 4 is 0 Å². The molecule has 2 aliphatic rings. The van der Waals surface area contributed by atoms with E-state index in [0.717, 1.165) is 6.54 Å². The molecule has 0 saturated heterocycles. The van der Waals surface area contributed by atoms with E-state index in [1.807, 2.05) is 0 Å². The van der Waals surface area contributed by atoms with Gasteiger partial charge in [0.05, 0.1) is 0 Å². The molecule has 2 rings (SSSR count). The van der Waals surface area contributed by atoms with Gasteiger partial charge in [-0.3, -0.25) is 0 Å². The van der Waals surface area contributed by atoms with E-state index in [9.17, 15) is 0 Å². The molecule has 0 radical (unpaired) electrons. The SMILES string of the molecule is CC1(NCC2(N)CC2)CCC1. The van der Waals surface area contributed by atoms with Crippen LogP contribution in [0.2, 0.25) is 0 Å². The van der Waals surface area contributed by atoms with E-state index in [4.69, 9.17) is 5.73 Å². The molecule has 0 amide bonds. The first-order valence-electron chi connectivity index (χ1n) is 4.66. The molecule has 64 valence electrons. The van der Waals surface area contributed by atoms with Crippen LogP contribution in [0.15, 0.2) is 0 Å². The molecule has 0 aromatic rings. The fraction of sp³-hybridized carbons (Fsp3) is 1.00. The van der Waals surface area contributed by atoms with Crippen LogP contribution in [-0.4, -0.2) is 17.6 Å². The van der Waals surface area contributed by atoms with Crippen LogP contribution >= 0.6 is 0 Å². The minimum absolute atomic E-state index is 0.179. The molecule has 3 N–H and O–H groups in total. The van der Waals surface area contributed by atoms with E-state index in [0.29, 0.717) is 5.54 Å². The Kier molecular flexibility index (Phi) is 1.52. The number of nitrogens with two attached hydrogens (primary N) is 1. The smallest absolute Gasteiger partial charge is 0.0282 e. The van der Waals surface area contributed by atoms with Crippen molar-refractivity contribution in [2.45, 2.75) is 50.1 Å². The molecule has 0 aromatic carbocycles. The summed E-state index contributed by atoms with van der Waals surface area (Å²) in [6.07, 6.45) is 6.50. The van der Waals surface area contributed by atoms with Gasteiger partial charge in [0.2, 0.25) is 0 Å². The van der Waals surface area contributed by atoms with Crippen LogP contribution < -0.4 is 11.1 Å². The van der Waals surface area contributed by atoms with E-state index >= 15 is 0 Å². The van der Waals surface area contributed by atoms with Gasteiger partial charge < -0.3 is 11.1 Å². The maximum Gasteiger partial charge on any atom is 0.0282 e. The van der Waals surface area contributed by atoms with Crippen molar-refractivity contribution in [2.75, 3.05) is 6.54 Å². The summed E-state index contributed by atoms with van der Waals surface area (Å²) >= 11 is 0. The number of hydrogen-bond acceptors (Lipinski definition) is 2. The highest BCUT2D eigenvalue weighted by Crippen LogP contribution is 2.35. The summed E-state index contributed by atoms with van der Waals surface area (Å²) < 4.78 is 0. The van der Waals surface area contributed by atoms with Gasteiger partial charge in [-0.05, 0) is 39.0 Å². The third kappa shape index (κ3) is 1.57. The second kappa shape index (κ2) is 2.20. The van der Waals surface area contributed by atoms with Crippen molar-refractivity contribution in [2.24, 2.45) is 5.73 Å². The summed E-state index contributed by atoms with van der Waals surface area (Å²) in [5.41, 5.74) is 6.59. The lowest BCUT2D eigenvalue weighted by Gasteiger charge is -2.40. The fourth-order valence-corrected chi connectivity index (χ4v) is 1.61. The highest BCUT2D eigenvalue weighted by molar-refractivity contribution is 5.03. The van der Waals surface area contributed by atoms with Crippen LogP contribution in [0, 0.1) is 0 Å². The normalized spacial score (nSPS) is 31.1. The van der Waals surface area contributed by atoms with Gasteiger partial charge in [0.15, 0.2) is 0 Å². The summed E-state index contributed by atoms with van der Waals surface area (Å²) in [7, 11) is 0. The predicted molar refractivity (Wildman–Crippen MR) is 46.4 cm³/mol. The first-order valence-corrected chi connectivity index (χ1v) is 4.66. The summed E-state index contributed by atoms with van der Waals surface area (Å²) in [6.45, 7) is 3.34. The lowest BCUT2D eigenvalue weighted by Crippen LogP contribution is -2.52. The van der Waals surface area contributed by atoms with Crippen LogP contribution in [0.25, 0.3) is 0 Å². The maximum atomic E-state index is 5.97. The van der Waals surface area contributed by atoms with Crippen LogP contribution in [0.5, 0.6) is 0 Å². The highest BCUT2D eigenvalue weighted by Gasteiger charge is 2.41. The summed E-state index contributed by atoms with van der Waals surface area (Å²) in [5.74, 6) is 0. The largest absolute Gasteiger partial charge is 0.324 e. The Bertz CT molecular complexity index is 157. The Labute approximate surface area is 68.5 Å². The zero-order valence-corrected chi connectivity index (χ0v) is 7.32. The molecule has 2 saturated carbocycles. The Balaban J connectivity index is 1.73. The molecule has 2 heteroatoms. The number of nitrogens with one attached hydrogen (secondary N) is 1. The average Bonchev–Trinajstić information content (AvgIpc) is 2.61. The molecular weight excluding hydrogens is 136 g/mol. The van der Waals surface area contributed by atoms with Gasteiger partial charge in [0.25, 0.3) is 0 Å². The van der Waals surface area contributed by atoms with Gasteiger partial charge in [-0.1, -0.05) is 0 Å². The molecule has 2 nitrogen and oxygen atoms in total. The van der Waals surface area contributed by atoms with Gasteiger partial charge in [-0.25, -0.2) is 0 Å². The predicted octanol–water partition coefficient (Wildman–Crippen LogP) is 1.01. The van der Waals surface area contributed by atoms with Crippen molar-refractivity contribution in [3.05, 3.63) is 0 Å². The Hall–Kier alpha value is -0.0800. The Morgan fingerprint density at radius 2 is 1.91 bits per heavy atom. The number of rotatable bonds is 3. The lowest BCUT2D eigenvalue weighted by atomic mass is 9.78. The van der Waals surface area contributed by atoms with Gasteiger partial charge in [0.1, 0.15) is 0 Å². The molecule has 0 spiro atoms. The standard InChI is InChI=1S/C9H18N2/c1-8(3-2-4-8)11-7-9(10)5-6-9/h11H,2-7,10H2,1H3. The van der Waals surface area contributed by atoms with E-state index < -0.39 is 0 Å². The first-order chi connectivity index (χ1) is 5.12. The van der Waals surface area contributed by atoms with E-state index in [2.05, 4.69) is 12.2 Å². The van der Waals surface area contributed by atoms with Crippen LogP contribution in [0.1, 0.15) is 39.0 Å². The molecule has 0 bridgehead atoms. The highest BCUT2D eigenvalue weighted by atomic mass is 15.0. The molecule has 0 aliphatic heterocycles. The quantitative estimate of drug-likeness (QED) is 0.636. The van der Waals surface area contributed by atoms with Crippen molar-refractivity contribution < 1.29 is 0 Å². The summed E-state index contributed by atoms with van der Waals surface area (Å²) in [6, 6.07) is 0. The zero-order valence-electron chi connectivity index (χ0n) is 7.32. The molecular formula is C9H18N2. The Morgan fingerprint density at radius 3 is 2.27 bits per heavy atom. The minimum Gasteiger partial charge on any atom is -0.324 e. The summed E-state index contributed by atoms with van der Waals surface area (Å²) in [4.78, 5) is 0. The van der Waals surface area contributed by atoms with Gasteiger partial charge >= 0.3 is 0 Å². The van der Waals surface area contributed by atoms with Crippen LogP contribution in [0.4, 0.5) is 0 Å². The van der Waals surface area contributed by atoms with Crippen LogP contribution in [-0.2, 0) is 0 Å². The van der Waals surface area contributed by atoms with Gasteiger partial charge in [-0.15, -0.1) is 0 Å². The molecule has 0 unspecified atom stereocenters. The van der Waals surface area contributed by atoms with Crippen LogP contribution in [0.3, 0.4) is 0 Å². The molecule has 0 heterocycles. The van der Waals surface area contributed by atoms with Crippen molar-refractivity contribution in [3.8, 4) is 0 Å². The monoisotopic (exact) mass is 154 g/mol. The Morgan fingerprint density at radius 1 is 1.27 bits per heavy atom. The van der Waals surface area contributed by atoms with Crippen molar-refractivity contribution in [1.29, 1.82) is 0 Å². The van der Waals surface area contributed by atoms with E-state index in [-0.39, 0.29) is 5.54 Å². The third-order valence-electron chi connectivity index (χ3n) is 3.22. The topological polar surface area (TPSA) is 38.0 Å². The van der Waals surface area contributed by atoms with Gasteiger partial charge in [-0.2, -0.15) is 0 Å². The minimum atomic E-state index is 0.179. The second-order valence-electron chi connectivity index (χ2n) is 4.63. The maximum absolute atomic E-state index is 5.97. The zero-order chi connectivity index (χ0) is 7.95. The van der Waals surface area contributed by atoms with Gasteiger partial charge in [0, 0.05) is 17.6 Å². The number of hydrogen-bond donors (Lipinski definition) is 2. The molecule has 2 fully saturated rings. The second-order valence-corrected chi connectivity index (χ2v) is 4.63. The molecule has 2 aliphatic carbocycles. The van der Waals surface area contributed by atoms with E-state index in [1.165, 1.54) is 32.1 Å². The van der Waals surface area contributed by atoms with Crippen molar-refractivity contribution in [1.82, 2.24) is 5.32 Å². The van der Waals surface area contributed by atoms with Crippen molar-refractivity contribution in [3.63, 3.8) is 0 Å². The fourth-order valence-electron chi connectivity index (χ4n) is 1.61. The third-order valence-corrected chi connectivity index (χ3v) is 3.22. The molecule has 0 aromatic heterocycles.